The maximum atomic E-state index is 12.0. The number of carbonyl (C=O) groups excluding carboxylic acids is 2. The summed E-state index contributed by atoms with van der Waals surface area (Å²) in [6.45, 7) is 0. The third kappa shape index (κ3) is 3.79. The highest BCUT2D eigenvalue weighted by atomic mass is 32.1. The number of ether oxygens (including phenoxy) is 1. The number of rotatable bonds is 7. The number of thiophene rings is 1. The van der Waals surface area contributed by atoms with Gasteiger partial charge < -0.3 is 9.84 Å². The Morgan fingerprint density at radius 1 is 1.14 bits per heavy atom. The normalized spacial score (nSPS) is 10.2. The predicted molar refractivity (Wildman–Crippen MR) is 81.7 cm³/mol. The van der Waals surface area contributed by atoms with Gasteiger partial charge in [-0.25, -0.2) is 4.79 Å². The minimum absolute atomic E-state index is 0.436. The molecule has 5 nitrogen and oxygen atoms in total. The largest absolute Gasteiger partial charge is 0.497 e. The maximum Gasteiger partial charge on any atom is 0.372 e. The van der Waals surface area contributed by atoms with Gasteiger partial charge in [-0.2, -0.15) is 0 Å². The van der Waals surface area contributed by atoms with Gasteiger partial charge in [0.2, 0.25) is 5.78 Å². The molecule has 0 amide bonds. The first-order chi connectivity index (χ1) is 10.5. The zero-order valence-corrected chi connectivity index (χ0v) is 12.7. The average molecular weight is 318 g/mol. The molecule has 114 valence electrons. The van der Waals surface area contributed by atoms with Crippen molar-refractivity contribution in [3.05, 3.63) is 51.7 Å². The molecule has 1 aromatic heterocycles. The first kappa shape index (κ1) is 15.9. The number of carboxylic acid groups (broad SMARTS) is 1. The molecule has 0 atom stereocenters. The lowest BCUT2D eigenvalue weighted by Crippen LogP contribution is -2.17. The summed E-state index contributed by atoms with van der Waals surface area (Å²) < 4.78 is 5.09. The third-order valence-electron chi connectivity index (χ3n) is 3.11. The maximum absolute atomic E-state index is 12.0. The zero-order valence-electron chi connectivity index (χ0n) is 11.9. The van der Waals surface area contributed by atoms with Gasteiger partial charge in [0.05, 0.1) is 18.4 Å². The van der Waals surface area contributed by atoms with Crippen LogP contribution >= 0.6 is 11.3 Å². The summed E-state index contributed by atoms with van der Waals surface area (Å²) in [5.41, 5.74) is 1.79. The number of benzene rings is 1. The summed E-state index contributed by atoms with van der Waals surface area (Å²) in [6.07, 6.45) is -0.0682. The Kier molecular flexibility index (Phi) is 5.06. The molecule has 0 aliphatic heterocycles. The quantitative estimate of drug-likeness (QED) is 0.482. The van der Waals surface area contributed by atoms with Gasteiger partial charge >= 0.3 is 5.97 Å². The Balaban J connectivity index is 2.13. The van der Waals surface area contributed by atoms with Gasteiger partial charge in [-0.05, 0) is 41.1 Å². The lowest BCUT2D eigenvalue weighted by molar-refractivity contribution is -0.148. The molecular formula is C16H14O5S. The Labute approximate surface area is 131 Å². The fraction of sp³-hybridized carbons (Fsp3) is 0.188. The fourth-order valence-electron chi connectivity index (χ4n) is 1.98. The number of hydrogen-bond acceptors (Lipinski definition) is 5. The second-order valence-corrected chi connectivity index (χ2v) is 5.54. The Morgan fingerprint density at radius 2 is 1.82 bits per heavy atom. The SMILES string of the molecule is COc1ccc(Cc2ccsc2C(=O)CC(=O)C(=O)O)cc1. The van der Waals surface area contributed by atoms with Crippen molar-refractivity contribution in [1.29, 1.82) is 0 Å². The van der Waals surface area contributed by atoms with Crippen molar-refractivity contribution in [2.45, 2.75) is 12.8 Å². The minimum Gasteiger partial charge on any atom is -0.497 e. The van der Waals surface area contributed by atoms with Gasteiger partial charge in [0.15, 0.2) is 5.78 Å². The second kappa shape index (κ2) is 7.00. The number of Topliss-reactive ketones (excluding diaryl/α,β-unsaturated/α-hetero) is 2. The van der Waals surface area contributed by atoms with E-state index in [1.807, 2.05) is 30.3 Å². The lowest BCUT2D eigenvalue weighted by Gasteiger charge is -2.04. The Morgan fingerprint density at radius 3 is 2.41 bits per heavy atom. The van der Waals surface area contributed by atoms with Crippen LogP contribution in [0.4, 0.5) is 0 Å². The van der Waals surface area contributed by atoms with Crippen LogP contribution in [-0.2, 0) is 16.0 Å². The van der Waals surface area contributed by atoms with E-state index in [9.17, 15) is 14.4 Å². The summed E-state index contributed by atoms with van der Waals surface area (Å²) in [5, 5.41) is 10.3. The molecule has 0 fully saturated rings. The summed E-state index contributed by atoms with van der Waals surface area (Å²) in [6, 6.07) is 9.27. The number of carbonyl (C=O) groups is 3. The van der Waals surface area contributed by atoms with Gasteiger partial charge in [-0.15, -0.1) is 11.3 Å². The van der Waals surface area contributed by atoms with E-state index in [-0.39, 0.29) is 0 Å². The average Bonchev–Trinajstić information content (AvgIpc) is 2.96. The van der Waals surface area contributed by atoms with E-state index in [4.69, 9.17) is 9.84 Å². The van der Waals surface area contributed by atoms with Crippen LogP contribution in [0.1, 0.15) is 27.2 Å². The monoisotopic (exact) mass is 318 g/mol. The van der Waals surface area contributed by atoms with Crippen LogP contribution in [0.3, 0.4) is 0 Å². The van der Waals surface area contributed by atoms with Crippen LogP contribution in [-0.4, -0.2) is 29.8 Å². The number of hydrogen-bond donors (Lipinski definition) is 1. The van der Waals surface area contributed by atoms with Gasteiger partial charge in [0.25, 0.3) is 0 Å². The topological polar surface area (TPSA) is 80.7 Å². The number of aliphatic carboxylic acids is 1. The molecule has 6 heteroatoms. The smallest absolute Gasteiger partial charge is 0.372 e. The molecule has 0 saturated heterocycles. The summed E-state index contributed by atoms with van der Waals surface area (Å²) in [4.78, 5) is 34.2. The molecule has 0 radical (unpaired) electrons. The van der Waals surface area contributed by atoms with Crippen molar-refractivity contribution in [2.75, 3.05) is 7.11 Å². The van der Waals surface area contributed by atoms with Crippen molar-refractivity contribution >= 4 is 28.9 Å². The lowest BCUT2D eigenvalue weighted by atomic mass is 10.0. The van der Waals surface area contributed by atoms with Crippen LogP contribution in [0.25, 0.3) is 0 Å². The van der Waals surface area contributed by atoms with Crippen molar-refractivity contribution in [2.24, 2.45) is 0 Å². The summed E-state index contributed by atoms with van der Waals surface area (Å²) in [7, 11) is 1.59. The summed E-state index contributed by atoms with van der Waals surface area (Å²) in [5.74, 6) is -2.38. The van der Waals surface area contributed by atoms with Gasteiger partial charge in [-0.1, -0.05) is 12.1 Å². The standard InChI is InChI=1S/C16H14O5S/c1-21-12-4-2-10(3-5-12)8-11-6-7-22-15(11)13(17)9-14(18)16(19)20/h2-7H,8-9H2,1H3,(H,19,20). The molecule has 0 spiro atoms. The number of ketones is 2. The van der Waals surface area contributed by atoms with Gasteiger partial charge in [-0.3, -0.25) is 9.59 Å². The van der Waals surface area contributed by atoms with Gasteiger partial charge in [0, 0.05) is 0 Å². The highest BCUT2D eigenvalue weighted by Crippen LogP contribution is 2.23. The van der Waals surface area contributed by atoms with E-state index >= 15 is 0 Å². The molecule has 0 aliphatic carbocycles. The molecule has 0 aliphatic rings. The fourth-order valence-corrected chi connectivity index (χ4v) is 2.85. The predicted octanol–water partition coefficient (Wildman–Crippen LogP) is 2.57. The molecular weight excluding hydrogens is 304 g/mol. The van der Waals surface area contributed by atoms with Crippen molar-refractivity contribution < 1.29 is 24.2 Å². The zero-order chi connectivity index (χ0) is 16.1. The van der Waals surface area contributed by atoms with E-state index in [0.717, 1.165) is 16.9 Å². The number of methoxy groups -OCH3 is 1. The molecule has 0 unspecified atom stereocenters. The van der Waals surface area contributed by atoms with Crippen LogP contribution in [0.5, 0.6) is 5.75 Å². The Hall–Kier alpha value is -2.47. The van der Waals surface area contributed by atoms with Crippen molar-refractivity contribution in [1.82, 2.24) is 0 Å². The molecule has 1 N–H and O–H groups in total. The van der Waals surface area contributed by atoms with Crippen LogP contribution in [0, 0.1) is 0 Å². The first-order valence-corrected chi connectivity index (χ1v) is 7.38. The second-order valence-electron chi connectivity index (χ2n) is 4.63. The van der Waals surface area contributed by atoms with E-state index < -0.39 is 24.0 Å². The highest BCUT2D eigenvalue weighted by Gasteiger charge is 2.20. The molecule has 22 heavy (non-hydrogen) atoms. The molecule has 2 rings (SSSR count). The molecule has 1 heterocycles. The Bertz CT molecular complexity index is 700. The van der Waals surface area contributed by atoms with Crippen molar-refractivity contribution in [3.8, 4) is 5.75 Å². The molecule has 2 aromatic rings. The van der Waals surface area contributed by atoms with Crippen molar-refractivity contribution in [3.63, 3.8) is 0 Å². The summed E-state index contributed by atoms with van der Waals surface area (Å²) >= 11 is 1.22. The third-order valence-corrected chi connectivity index (χ3v) is 4.11. The first-order valence-electron chi connectivity index (χ1n) is 6.50. The highest BCUT2D eigenvalue weighted by molar-refractivity contribution is 7.12. The van der Waals surface area contributed by atoms with E-state index in [1.54, 1.807) is 12.5 Å². The van der Waals surface area contributed by atoms with Crippen LogP contribution in [0.15, 0.2) is 35.7 Å². The molecule has 0 saturated carbocycles. The van der Waals surface area contributed by atoms with Crippen LogP contribution in [0.2, 0.25) is 0 Å². The van der Waals surface area contributed by atoms with Gasteiger partial charge in [0.1, 0.15) is 5.75 Å². The van der Waals surface area contributed by atoms with Crippen LogP contribution < -0.4 is 4.74 Å². The van der Waals surface area contributed by atoms with E-state index in [0.29, 0.717) is 11.3 Å². The van der Waals surface area contributed by atoms with E-state index in [2.05, 4.69) is 0 Å². The van der Waals surface area contributed by atoms with E-state index in [1.165, 1.54) is 11.3 Å². The molecule has 0 bridgehead atoms. The minimum atomic E-state index is -1.58. The molecule has 1 aromatic carbocycles. The number of carboxylic acids is 1.